The summed E-state index contributed by atoms with van der Waals surface area (Å²) < 4.78 is 54.1. The number of aromatic nitrogens is 1. The van der Waals surface area contributed by atoms with E-state index >= 15 is 0 Å². The Morgan fingerprint density at radius 1 is 1.39 bits per heavy atom. The molecule has 2 rings (SSSR count). The number of sulfonamides is 1. The van der Waals surface area contributed by atoms with Gasteiger partial charge in [-0.1, -0.05) is 4.89 Å². The number of thiazole rings is 1. The molecule has 2 amide bonds. The van der Waals surface area contributed by atoms with Crippen LogP contribution in [0.5, 0.6) is 0 Å². The van der Waals surface area contributed by atoms with Crippen LogP contribution in [0.1, 0.15) is 5.69 Å². The molecule has 0 aliphatic carbocycles. The maximum absolute atomic E-state index is 12.6. The van der Waals surface area contributed by atoms with E-state index in [0.29, 0.717) is 0 Å². The second-order valence-corrected chi connectivity index (χ2v) is 9.82. The molecule has 172 valence electrons. The molecule has 0 saturated carbocycles. The number of anilines is 1. The second-order valence-electron chi connectivity index (χ2n) is 5.93. The van der Waals surface area contributed by atoms with Crippen LogP contribution in [0.2, 0.25) is 0 Å². The van der Waals surface area contributed by atoms with Crippen molar-refractivity contribution in [2.45, 2.75) is 12.1 Å². The smallest absolute Gasteiger partial charge is 0.362 e. The molecule has 2 atom stereocenters. The van der Waals surface area contributed by atoms with E-state index < -0.39 is 69.1 Å². The molecule has 1 aliphatic heterocycles. The van der Waals surface area contributed by atoms with Gasteiger partial charge in [0.1, 0.15) is 30.0 Å². The summed E-state index contributed by atoms with van der Waals surface area (Å²) >= 11 is 0.927. The minimum absolute atomic E-state index is 0.0171. The van der Waals surface area contributed by atoms with E-state index in [2.05, 4.69) is 20.1 Å². The van der Waals surface area contributed by atoms with Crippen molar-refractivity contribution in [3.8, 4) is 0 Å². The number of carbonyl (C=O) groups excluding carboxylic acids is 2. The van der Waals surface area contributed by atoms with Crippen molar-refractivity contribution < 1.29 is 45.7 Å². The summed E-state index contributed by atoms with van der Waals surface area (Å²) in [6.45, 7) is -1.59. The molecule has 2 heterocycles. The van der Waals surface area contributed by atoms with Crippen LogP contribution >= 0.6 is 11.3 Å². The highest BCUT2D eigenvalue weighted by Gasteiger charge is 2.54. The topological polar surface area (TPSA) is 248 Å². The standard InChI is InChI=1S/C12H16N6O10S3/c1-30(23,24)17-28-3-6-9(11(22)18(6)31(25,26)27)16-10(21)8(14-2-7(19)20)5-4-29-12(13)15-5/h4,6,9,17H,2-3H2,1H3,(H2,13,15)(H,16,21)(H,19,20)(H,25,26,27). The van der Waals surface area contributed by atoms with Gasteiger partial charge in [-0.05, 0) is 0 Å². The Morgan fingerprint density at radius 3 is 2.52 bits per heavy atom. The van der Waals surface area contributed by atoms with E-state index in [0.717, 1.165) is 17.6 Å². The number of β-lactam (4-membered cyclic amide) rings is 1. The maximum Gasteiger partial charge on any atom is 0.362 e. The number of hydrogen-bond donors (Lipinski definition) is 5. The van der Waals surface area contributed by atoms with Gasteiger partial charge in [-0.15, -0.1) is 11.3 Å². The first-order valence-corrected chi connectivity index (χ1v) is 12.0. The quantitative estimate of drug-likeness (QED) is 0.0911. The molecule has 6 N–H and O–H groups in total. The van der Waals surface area contributed by atoms with E-state index in [1.807, 2.05) is 0 Å². The van der Waals surface area contributed by atoms with Crippen molar-refractivity contribution in [2.24, 2.45) is 4.99 Å². The first-order chi connectivity index (χ1) is 14.2. The Kier molecular flexibility index (Phi) is 7.28. The van der Waals surface area contributed by atoms with Crippen LogP contribution in [-0.2, 0) is 39.5 Å². The molecule has 31 heavy (non-hydrogen) atoms. The SMILES string of the molecule is CS(=O)(=O)NOCC1C(NC(=O)C(=NCC(=O)O)c2csc(N)n2)C(=O)N1S(=O)(=O)O. The number of carboxylic acid groups (broad SMARTS) is 1. The van der Waals surface area contributed by atoms with Crippen LogP contribution in [0.15, 0.2) is 10.4 Å². The van der Waals surface area contributed by atoms with Crippen molar-refractivity contribution in [2.75, 3.05) is 25.1 Å². The van der Waals surface area contributed by atoms with Gasteiger partial charge in [0.05, 0.1) is 12.9 Å². The van der Waals surface area contributed by atoms with Crippen LogP contribution in [0, 0.1) is 0 Å². The zero-order chi connectivity index (χ0) is 23.6. The number of hydrogen-bond acceptors (Lipinski definition) is 12. The molecule has 1 saturated heterocycles. The fourth-order valence-electron chi connectivity index (χ4n) is 2.37. The van der Waals surface area contributed by atoms with Crippen molar-refractivity contribution in [1.82, 2.24) is 19.5 Å². The van der Waals surface area contributed by atoms with Gasteiger partial charge in [-0.25, -0.2) is 17.7 Å². The van der Waals surface area contributed by atoms with Gasteiger partial charge in [0.2, 0.25) is 10.0 Å². The van der Waals surface area contributed by atoms with Crippen LogP contribution in [-0.4, -0.2) is 90.8 Å². The van der Waals surface area contributed by atoms with Crippen molar-refractivity contribution in [3.63, 3.8) is 0 Å². The number of aliphatic imine (C=N–C) groups is 1. The average Bonchev–Trinajstić information content (AvgIpc) is 3.02. The Bertz CT molecular complexity index is 1130. The lowest BCUT2D eigenvalue weighted by atomic mass is 9.99. The Hall–Kier alpha value is -2.71. The molecular weight excluding hydrogens is 484 g/mol. The average molecular weight is 500 g/mol. The lowest BCUT2D eigenvalue weighted by Gasteiger charge is -2.43. The summed E-state index contributed by atoms with van der Waals surface area (Å²) in [5.74, 6) is -3.72. The normalized spacial score (nSPS) is 19.7. The monoisotopic (exact) mass is 500 g/mol. The summed E-state index contributed by atoms with van der Waals surface area (Å²) in [6, 6.07) is -3.11. The Morgan fingerprint density at radius 2 is 2.03 bits per heavy atom. The highest BCUT2D eigenvalue weighted by molar-refractivity contribution is 7.88. The summed E-state index contributed by atoms with van der Waals surface area (Å²) in [5, 5.41) is 12.3. The van der Waals surface area contributed by atoms with Crippen LogP contribution in [0.25, 0.3) is 0 Å². The zero-order valence-corrected chi connectivity index (χ0v) is 17.9. The third-order valence-electron chi connectivity index (χ3n) is 3.52. The molecule has 1 aromatic heterocycles. The van der Waals surface area contributed by atoms with Gasteiger partial charge in [-0.2, -0.15) is 8.42 Å². The van der Waals surface area contributed by atoms with Gasteiger partial charge >= 0.3 is 16.3 Å². The summed E-state index contributed by atoms with van der Waals surface area (Å²) in [4.78, 5) is 49.2. The van der Waals surface area contributed by atoms with E-state index in [1.54, 1.807) is 4.89 Å². The van der Waals surface area contributed by atoms with Gasteiger partial charge < -0.3 is 16.2 Å². The third-order valence-corrected chi connectivity index (χ3v) is 5.56. The number of nitrogens with zero attached hydrogens (tertiary/aromatic N) is 3. The summed E-state index contributed by atoms with van der Waals surface area (Å²) in [6.07, 6.45) is 0.740. The summed E-state index contributed by atoms with van der Waals surface area (Å²) in [5.41, 5.74) is 4.90. The maximum atomic E-state index is 12.6. The fourth-order valence-corrected chi connectivity index (χ4v) is 4.07. The molecule has 1 aromatic rings. The minimum Gasteiger partial charge on any atom is -0.480 e. The number of aliphatic carboxylic acids is 1. The van der Waals surface area contributed by atoms with E-state index in [4.69, 9.17) is 10.8 Å². The molecule has 0 radical (unpaired) electrons. The number of carboxylic acids is 1. The lowest BCUT2D eigenvalue weighted by Crippen LogP contribution is -2.73. The molecule has 2 unspecified atom stereocenters. The minimum atomic E-state index is -5.05. The zero-order valence-electron chi connectivity index (χ0n) is 15.5. The molecule has 1 aliphatic rings. The van der Waals surface area contributed by atoms with Crippen molar-refractivity contribution in [3.05, 3.63) is 11.1 Å². The first-order valence-electron chi connectivity index (χ1n) is 7.88. The van der Waals surface area contributed by atoms with Gasteiger partial charge in [0, 0.05) is 5.38 Å². The number of nitrogen functional groups attached to an aromatic ring is 1. The Labute approximate surface area is 179 Å². The highest BCUT2D eigenvalue weighted by Crippen LogP contribution is 2.24. The number of rotatable bonds is 10. The van der Waals surface area contributed by atoms with Crippen LogP contribution in [0.4, 0.5) is 5.13 Å². The highest BCUT2D eigenvalue weighted by atomic mass is 32.2. The molecule has 0 bridgehead atoms. The molecule has 16 nitrogen and oxygen atoms in total. The molecule has 0 aromatic carbocycles. The predicted molar refractivity (Wildman–Crippen MR) is 104 cm³/mol. The molecular formula is C12H16N6O10S3. The fraction of sp³-hybridized carbons (Fsp3) is 0.417. The van der Waals surface area contributed by atoms with Gasteiger partial charge in [-0.3, -0.25) is 28.8 Å². The van der Waals surface area contributed by atoms with Crippen LogP contribution < -0.4 is 15.9 Å². The number of amides is 2. The Balaban J connectivity index is 2.24. The van der Waals surface area contributed by atoms with E-state index in [9.17, 15) is 35.8 Å². The number of nitrogens with one attached hydrogen (secondary N) is 2. The molecule has 19 heteroatoms. The summed E-state index contributed by atoms with van der Waals surface area (Å²) in [7, 11) is -8.89. The second kappa shape index (κ2) is 9.20. The third kappa shape index (κ3) is 6.38. The van der Waals surface area contributed by atoms with Crippen LogP contribution in [0.3, 0.4) is 0 Å². The van der Waals surface area contributed by atoms with Gasteiger partial charge in [0.15, 0.2) is 5.13 Å². The largest absolute Gasteiger partial charge is 0.480 e. The lowest BCUT2D eigenvalue weighted by molar-refractivity contribution is -0.148. The van der Waals surface area contributed by atoms with Gasteiger partial charge in [0.25, 0.3) is 11.8 Å². The molecule has 0 spiro atoms. The predicted octanol–water partition coefficient (Wildman–Crippen LogP) is -3.42. The van der Waals surface area contributed by atoms with Crippen molar-refractivity contribution >= 4 is 60.3 Å². The van der Waals surface area contributed by atoms with Crippen molar-refractivity contribution in [1.29, 1.82) is 0 Å². The van der Waals surface area contributed by atoms with E-state index in [-0.39, 0.29) is 15.1 Å². The van der Waals surface area contributed by atoms with E-state index in [1.165, 1.54) is 5.38 Å². The first kappa shape index (κ1) is 24.6. The molecule has 1 fully saturated rings. The number of nitrogens with two attached hydrogens (primary N) is 1. The number of carbonyl (C=O) groups is 3.